The predicted molar refractivity (Wildman–Crippen MR) is 99.0 cm³/mol. The van der Waals surface area contributed by atoms with Gasteiger partial charge in [0.25, 0.3) is 5.91 Å². The van der Waals surface area contributed by atoms with Gasteiger partial charge in [0.2, 0.25) is 6.10 Å². The highest BCUT2D eigenvalue weighted by molar-refractivity contribution is 5.97. The molecule has 142 valence electrons. The fourth-order valence-corrected chi connectivity index (χ4v) is 2.25. The Morgan fingerprint density at radius 1 is 0.963 bits per heavy atom. The third-order valence-electron chi connectivity index (χ3n) is 3.54. The molecule has 2 aromatic rings. The molecule has 0 heterocycles. The molecule has 2 aromatic carbocycles. The first kappa shape index (κ1) is 20.0. The van der Waals surface area contributed by atoms with Crippen LogP contribution >= 0.6 is 0 Å². The molecule has 0 aromatic heterocycles. The van der Waals surface area contributed by atoms with Crippen molar-refractivity contribution in [3.63, 3.8) is 0 Å². The predicted octanol–water partition coefficient (Wildman–Crippen LogP) is 2.58. The molecular formula is C20H22N2O5. The molecule has 0 spiro atoms. The van der Waals surface area contributed by atoms with Gasteiger partial charge in [-0.3, -0.25) is 10.1 Å². The number of ether oxygens (including phenoxy) is 2. The molecule has 0 aliphatic heterocycles. The minimum atomic E-state index is -1.27. The summed E-state index contributed by atoms with van der Waals surface area (Å²) in [6.07, 6.45) is -2.21. The van der Waals surface area contributed by atoms with Crippen molar-refractivity contribution in [3.05, 3.63) is 66.2 Å². The number of esters is 1. The van der Waals surface area contributed by atoms with Crippen LogP contribution in [0.2, 0.25) is 0 Å². The van der Waals surface area contributed by atoms with E-state index >= 15 is 0 Å². The van der Waals surface area contributed by atoms with E-state index in [1.165, 1.54) is 6.92 Å². The molecule has 0 radical (unpaired) electrons. The Kier molecular flexibility index (Phi) is 7.37. The molecule has 0 saturated heterocycles. The van der Waals surface area contributed by atoms with Gasteiger partial charge in [0.1, 0.15) is 5.75 Å². The Morgan fingerprint density at radius 2 is 1.56 bits per heavy atom. The number of hydrogen-bond acceptors (Lipinski definition) is 5. The monoisotopic (exact) mass is 370 g/mol. The van der Waals surface area contributed by atoms with Gasteiger partial charge in [-0.1, -0.05) is 48.5 Å². The number of nitrogens with one attached hydrogen (secondary N) is 2. The fraction of sp³-hybridized carbons (Fsp3) is 0.250. The molecule has 0 aliphatic rings. The Balaban J connectivity index is 2.10. The van der Waals surface area contributed by atoms with Crippen molar-refractivity contribution in [2.75, 3.05) is 6.54 Å². The zero-order chi connectivity index (χ0) is 19.6. The van der Waals surface area contributed by atoms with Gasteiger partial charge in [-0.2, -0.15) is 0 Å². The van der Waals surface area contributed by atoms with Crippen molar-refractivity contribution in [1.82, 2.24) is 10.6 Å². The van der Waals surface area contributed by atoms with E-state index < -0.39 is 30.1 Å². The summed E-state index contributed by atoms with van der Waals surface area (Å²) >= 11 is 0. The van der Waals surface area contributed by atoms with Gasteiger partial charge in [0.05, 0.1) is 0 Å². The lowest BCUT2D eigenvalue weighted by atomic mass is 10.1. The second-order valence-electron chi connectivity index (χ2n) is 5.65. The molecule has 7 heteroatoms. The molecule has 2 atom stereocenters. The smallest absolute Gasteiger partial charge is 0.348 e. The van der Waals surface area contributed by atoms with Crippen LogP contribution in [0.15, 0.2) is 60.7 Å². The van der Waals surface area contributed by atoms with Gasteiger partial charge < -0.3 is 14.8 Å². The summed E-state index contributed by atoms with van der Waals surface area (Å²) in [5.74, 6) is -0.962. The first-order valence-electron chi connectivity index (χ1n) is 8.57. The van der Waals surface area contributed by atoms with Crippen LogP contribution in [0.25, 0.3) is 0 Å². The summed E-state index contributed by atoms with van der Waals surface area (Å²) < 4.78 is 10.9. The number of benzene rings is 2. The molecule has 0 unspecified atom stereocenters. The van der Waals surface area contributed by atoms with Crippen molar-refractivity contribution in [1.29, 1.82) is 0 Å². The Morgan fingerprint density at radius 3 is 2.15 bits per heavy atom. The van der Waals surface area contributed by atoms with Crippen LogP contribution in [0.5, 0.6) is 5.75 Å². The molecular weight excluding hydrogens is 348 g/mol. The van der Waals surface area contributed by atoms with E-state index in [9.17, 15) is 14.4 Å². The molecule has 0 bridgehead atoms. The van der Waals surface area contributed by atoms with E-state index in [2.05, 4.69) is 10.6 Å². The molecule has 7 nitrogen and oxygen atoms in total. The third-order valence-corrected chi connectivity index (χ3v) is 3.54. The lowest BCUT2D eigenvalue weighted by molar-refractivity contribution is -0.162. The number of amides is 3. The Hall–Kier alpha value is -3.35. The molecule has 0 saturated carbocycles. The van der Waals surface area contributed by atoms with E-state index in [0.717, 1.165) is 0 Å². The van der Waals surface area contributed by atoms with E-state index in [0.29, 0.717) is 17.9 Å². The van der Waals surface area contributed by atoms with Crippen molar-refractivity contribution in [2.24, 2.45) is 0 Å². The number of carbonyl (C=O) groups is 3. The minimum absolute atomic E-state index is 0.358. The second-order valence-corrected chi connectivity index (χ2v) is 5.65. The lowest BCUT2D eigenvalue weighted by Gasteiger charge is -2.20. The number of para-hydroxylation sites is 1. The van der Waals surface area contributed by atoms with Crippen LogP contribution in [-0.2, 0) is 14.3 Å². The largest absolute Gasteiger partial charge is 0.479 e. The van der Waals surface area contributed by atoms with Crippen molar-refractivity contribution in [3.8, 4) is 5.75 Å². The van der Waals surface area contributed by atoms with Crippen LogP contribution in [-0.4, -0.2) is 30.6 Å². The summed E-state index contributed by atoms with van der Waals surface area (Å²) in [7, 11) is 0. The van der Waals surface area contributed by atoms with Gasteiger partial charge in [-0.15, -0.1) is 0 Å². The van der Waals surface area contributed by atoms with Crippen LogP contribution in [0, 0.1) is 0 Å². The third kappa shape index (κ3) is 6.14. The Labute approximate surface area is 157 Å². The van der Waals surface area contributed by atoms with Gasteiger partial charge in [-0.05, 0) is 26.0 Å². The van der Waals surface area contributed by atoms with Crippen molar-refractivity contribution < 1.29 is 23.9 Å². The van der Waals surface area contributed by atoms with E-state index in [1.54, 1.807) is 61.5 Å². The van der Waals surface area contributed by atoms with Crippen LogP contribution in [0.3, 0.4) is 0 Å². The Bertz CT molecular complexity index is 764. The highest BCUT2D eigenvalue weighted by Crippen LogP contribution is 2.20. The first-order valence-corrected chi connectivity index (χ1v) is 8.57. The highest BCUT2D eigenvalue weighted by Gasteiger charge is 2.29. The van der Waals surface area contributed by atoms with E-state index in [-0.39, 0.29) is 0 Å². The maximum Gasteiger partial charge on any atom is 0.348 e. The summed E-state index contributed by atoms with van der Waals surface area (Å²) in [4.78, 5) is 36.5. The standard InChI is InChI=1S/C20H22N2O5/c1-3-21-20(25)22-18(23)17(15-10-6-4-7-11-15)27-19(24)14(2)26-16-12-8-5-9-13-16/h4-14,17H,3H2,1-2H3,(H2,21,22,23,25)/t14-,17+/m1/s1. The summed E-state index contributed by atoms with van der Waals surface area (Å²) in [6, 6.07) is 16.6. The number of hydrogen-bond donors (Lipinski definition) is 2. The second kappa shape index (κ2) is 9.96. The van der Waals surface area contributed by atoms with E-state index in [4.69, 9.17) is 9.47 Å². The summed E-state index contributed by atoms with van der Waals surface area (Å²) in [5.41, 5.74) is 0.444. The topological polar surface area (TPSA) is 93.7 Å². The van der Waals surface area contributed by atoms with Crippen LogP contribution < -0.4 is 15.4 Å². The average molecular weight is 370 g/mol. The normalized spacial score (nSPS) is 12.4. The zero-order valence-corrected chi connectivity index (χ0v) is 15.2. The van der Waals surface area contributed by atoms with Crippen molar-refractivity contribution >= 4 is 17.9 Å². The minimum Gasteiger partial charge on any atom is -0.479 e. The van der Waals surface area contributed by atoms with Crippen LogP contribution in [0.1, 0.15) is 25.5 Å². The van der Waals surface area contributed by atoms with Gasteiger partial charge in [0.15, 0.2) is 6.10 Å². The first-order chi connectivity index (χ1) is 13.0. The van der Waals surface area contributed by atoms with Gasteiger partial charge in [0, 0.05) is 12.1 Å². The molecule has 27 heavy (non-hydrogen) atoms. The molecule has 0 aliphatic carbocycles. The number of urea groups is 1. The van der Waals surface area contributed by atoms with Gasteiger partial charge >= 0.3 is 12.0 Å². The number of rotatable bonds is 7. The zero-order valence-electron chi connectivity index (χ0n) is 15.2. The number of imide groups is 1. The molecule has 3 amide bonds. The average Bonchev–Trinajstić information content (AvgIpc) is 2.67. The van der Waals surface area contributed by atoms with E-state index in [1.807, 2.05) is 6.07 Å². The fourth-order valence-electron chi connectivity index (χ4n) is 2.25. The molecule has 0 fully saturated rings. The molecule has 2 N–H and O–H groups in total. The maximum atomic E-state index is 12.5. The maximum absolute atomic E-state index is 12.5. The van der Waals surface area contributed by atoms with Gasteiger partial charge in [-0.25, -0.2) is 9.59 Å². The molecule has 2 rings (SSSR count). The lowest BCUT2D eigenvalue weighted by Crippen LogP contribution is -2.43. The quantitative estimate of drug-likeness (QED) is 0.731. The van der Waals surface area contributed by atoms with Crippen molar-refractivity contribution in [2.45, 2.75) is 26.1 Å². The van der Waals surface area contributed by atoms with Crippen LogP contribution in [0.4, 0.5) is 4.79 Å². The highest BCUT2D eigenvalue weighted by atomic mass is 16.6. The number of carbonyl (C=O) groups excluding carboxylic acids is 3. The SMILES string of the molecule is CCNC(=O)NC(=O)[C@@H](OC(=O)[C@@H](C)Oc1ccccc1)c1ccccc1. The summed E-state index contributed by atoms with van der Waals surface area (Å²) in [6.45, 7) is 3.61. The summed E-state index contributed by atoms with van der Waals surface area (Å²) in [5, 5.41) is 4.62.